The summed E-state index contributed by atoms with van der Waals surface area (Å²) in [6, 6.07) is 0. The average molecular weight is 161 g/mol. The first-order chi connectivity index (χ1) is 3.15. The van der Waals surface area contributed by atoms with Crippen molar-refractivity contribution in [2.45, 2.75) is 0 Å². The third-order valence-electron chi connectivity index (χ3n) is 0. The first kappa shape index (κ1) is 15.7. The van der Waals surface area contributed by atoms with Gasteiger partial charge in [0.05, 0.1) is 0 Å². The molecule has 0 radical (unpaired) electrons. The van der Waals surface area contributed by atoms with E-state index >= 15 is 0 Å². The molecule has 0 aromatic heterocycles. The van der Waals surface area contributed by atoms with E-state index in [-0.39, 0.29) is 16.4 Å². The maximum absolute atomic E-state index is 8.70. The minimum atomic E-state index is -2.87. The van der Waals surface area contributed by atoms with E-state index < -0.39 is 8.25 Å². The third kappa shape index (κ3) is 22400. The van der Waals surface area contributed by atoms with Gasteiger partial charge in [-0.2, -0.15) is 9.90 Å². The van der Waals surface area contributed by atoms with Crippen LogP contribution in [0.4, 0.5) is 0 Å². The number of rotatable bonds is 0. The van der Waals surface area contributed by atoms with Crippen LogP contribution in [0.2, 0.25) is 0 Å². The van der Waals surface area contributed by atoms with Crippen LogP contribution in [0.25, 0.3) is 0 Å². The molecule has 0 spiro atoms. The SMILES string of the molecule is O=CO.O=[P+](O)O.P. The maximum Gasteiger partial charge on any atom is 0.692 e. The van der Waals surface area contributed by atoms with Gasteiger partial charge in [-0.3, -0.25) is 4.79 Å². The molecule has 0 heterocycles. The van der Waals surface area contributed by atoms with Gasteiger partial charge in [0.25, 0.3) is 6.47 Å². The van der Waals surface area contributed by atoms with E-state index in [0.717, 1.165) is 0 Å². The quantitative estimate of drug-likeness (QED) is 0.325. The molecule has 0 rings (SSSR count). The van der Waals surface area contributed by atoms with E-state index in [1.54, 1.807) is 0 Å². The molecule has 0 saturated carbocycles. The van der Waals surface area contributed by atoms with E-state index in [1.165, 1.54) is 0 Å². The van der Waals surface area contributed by atoms with Crippen molar-refractivity contribution in [3.05, 3.63) is 0 Å². The second-order valence-corrected chi connectivity index (χ2v) is 0.864. The van der Waals surface area contributed by atoms with Crippen molar-refractivity contribution in [1.29, 1.82) is 0 Å². The summed E-state index contributed by atoms with van der Waals surface area (Å²) in [4.78, 5) is 22.6. The molecule has 0 bridgehead atoms. The topological polar surface area (TPSA) is 94.8 Å². The number of carbonyl (C=O) groups is 1. The summed E-state index contributed by atoms with van der Waals surface area (Å²) < 4.78 is 8.70. The van der Waals surface area contributed by atoms with Crippen LogP contribution < -0.4 is 0 Å². The Morgan fingerprint density at radius 3 is 1.38 bits per heavy atom. The molecule has 7 heteroatoms. The number of carboxylic acid groups (broad SMARTS) is 1. The Labute approximate surface area is 49.9 Å². The normalized spacial score (nSPS) is 4.75. The van der Waals surface area contributed by atoms with Crippen molar-refractivity contribution in [3.8, 4) is 0 Å². The minimum Gasteiger partial charge on any atom is -0.483 e. The molecule has 5 nitrogen and oxygen atoms in total. The Hall–Kier alpha value is -0.0800. The van der Waals surface area contributed by atoms with Crippen molar-refractivity contribution in [2.75, 3.05) is 0 Å². The van der Waals surface area contributed by atoms with Crippen LogP contribution in [-0.4, -0.2) is 21.4 Å². The Bertz CT molecular complexity index is 57.4. The van der Waals surface area contributed by atoms with Gasteiger partial charge >= 0.3 is 8.25 Å². The first-order valence-electron chi connectivity index (χ1n) is 1.08. The van der Waals surface area contributed by atoms with Gasteiger partial charge in [0.15, 0.2) is 0 Å². The van der Waals surface area contributed by atoms with Gasteiger partial charge in [0.2, 0.25) is 0 Å². The van der Waals surface area contributed by atoms with Gasteiger partial charge in [-0.25, -0.2) is 0 Å². The Balaban J connectivity index is -0.0000000575. The van der Waals surface area contributed by atoms with Crippen LogP contribution in [0.3, 0.4) is 0 Å². The lowest BCUT2D eigenvalue weighted by atomic mass is 11.7. The zero-order valence-electron chi connectivity index (χ0n) is 3.89. The fourth-order valence-corrected chi connectivity index (χ4v) is 0. The van der Waals surface area contributed by atoms with Crippen LogP contribution in [0.15, 0.2) is 0 Å². The van der Waals surface area contributed by atoms with Gasteiger partial charge < -0.3 is 5.11 Å². The van der Waals surface area contributed by atoms with E-state index in [0.29, 0.717) is 0 Å². The third-order valence-corrected chi connectivity index (χ3v) is 0. The van der Waals surface area contributed by atoms with Gasteiger partial charge in [-0.15, -0.1) is 9.79 Å². The summed E-state index contributed by atoms with van der Waals surface area (Å²) >= 11 is 0. The summed E-state index contributed by atoms with van der Waals surface area (Å²) in [6.07, 6.45) is 0. The van der Waals surface area contributed by atoms with Gasteiger partial charge in [-0.05, 0) is 0 Å². The lowest BCUT2D eigenvalue weighted by Crippen LogP contribution is -1.49. The van der Waals surface area contributed by atoms with Gasteiger partial charge in [-0.1, -0.05) is 0 Å². The molecule has 0 saturated heterocycles. The van der Waals surface area contributed by atoms with Crippen molar-refractivity contribution in [1.82, 2.24) is 0 Å². The second kappa shape index (κ2) is 15.8. The first-order valence-corrected chi connectivity index (χ1v) is 2.24. The predicted molar refractivity (Wildman–Crippen MR) is 31.8 cm³/mol. The van der Waals surface area contributed by atoms with Gasteiger partial charge in [0, 0.05) is 4.57 Å². The Morgan fingerprint density at radius 1 is 1.38 bits per heavy atom. The molecule has 0 aromatic rings. The molecule has 0 amide bonds. The van der Waals surface area contributed by atoms with Crippen molar-refractivity contribution in [2.24, 2.45) is 0 Å². The molecule has 0 aromatic carbocycles. The van der Waals surface area contributed by atoms with Crippen molar-refractivity contribution >= 4 is 24.6 Å². The predicted octanol–water partition coefficient (Wildman–Crippen LogP) is -0.613. The molecule has 1 atom stereocenters. The van der Waals surface area contributed by atoms with E-state index in [1.807, 2.05) is 0 Å². The summed E-state index contributed by atoms with van der Waals surface area (Å²) in [7, 11) is -2.87. The molecule has 0 aliphatic heterocycles. The van der Waals surface area contributed by atoms with Crippen LogP contribution in [0, 0.1) is 0 Å². The zero-order valence-corrected chi connectivity index (χ0v) is 6.20. The molecular formula is CH7O5P2+. The largest absolute Gasteiger partial charge is 0.692 e. The minimum absolute atomic E-state index is 0. The lowest BCUT2D eigenvalue weighted by Gasteiger charge is -1.34. The molecule has 0 fully saturated rings. The number of hydrogen-bond acceptors (Lipinski definition) is 2. The fourth-order valence-electron chi connectivity index (χ4n) is 0. The molecular weight excluding hydrogens is 154 g/mol. The summed E-state index contributed by atoms with van der Waals surface area (Å²) in [5, 5.41) is 6.89. The standard InChI is InChI=1S/CH2O2.HO3P.H3P/c2-1-3;1-4(2)3;/h1H,(H,2,3);(H-,1,2,3);1H3/p+1. The van der Waals surface area contributed by atoms with Crippen LogP contribution in [-0.2, 0) is 9.36 Å². The molecule has 50 valence electrons. The van der Waals surface area contributed by atoms with Gasteiger partial charge in [0.1, 0.15) is 0 Å². The Kier molecular flexibility index (Phi) is 30.9. The molecule has 1 unspecified atom stereocenters. The highest BCUT2D eigenvalue weighted by Gasteiger charge is 1.93. The van der Waals surface area contributed by atoms with Crippen LogP contribution >= 0.6 is 18.2 Å². The monoisotopic (exact) mass is 161 g/mol. The maximum atomic E-state index is 8.70. The second-order valence-electron chi connectivity index (χ2n) is 0.358. The highest BCUT2D eigenvalue weighted by Crippen LogP contribution is 1.98. The van der Waals surface area contributed by atoms with E-state index in [4.69, 9.17) is 24.3 Å². The Morgan fingerprint density at radius 2 is 1.38 bits per heavy atom. The average Bonchev–Trinajstić information content (AvgIpc) is 1.33. The molecule has 3 N–H and O–H groups in total. The zero-order chi connectivity index (χ0) is 6.28. The number of hydrogen-bond donors (Lipinski definition) is 3. The van der Waals surface area contributed by atoms with E-state index in [2.05, 4.69) is 0 Å². The molecule has 0 aliphatic carbocycles. The molecule has 8 heavy (non-hydrogen) atoms. The summed E-state index contributed by atoms with van der Waals surface area (Å²) in [6.45, 7) is -0.250. The fraction of sp³-hybridized carbons (Fsp3) is 0. The summed E-state index contributed by atoms with van der Waals surface area (Å²) in [5.41, 5.74) is 0. The van der Waals surface area contributed by atoms with Crippen LogP contribution in [0.5, 0.6) is 0 Å². The van der Waals surface area contributed by atoms with Crippen LogP contribution in [0.1, 0.15) is 0 Å². The van der Waals surface area contributed by atoms with E-state index in [9.17, 15) is 0 Å². The highest BCUT2D eigenvalue weighted by molar-refractivity contribution is 7.30. The smallest absolute Gasteiger partial charge is 0.483 e. The van der Waals surface area contributed by atoms with Crippen molar-refractivity contribution < 1.29 is 24.3 Å². The summed E-state index contributed by atoms with van der Waals surface area (Å²) in [5.74, 6) is 0. The highest BCUT2D eigenvalue weighted by atomic mass is 31.1. The lowest BCUT2D eigenvalue weighted by molar-refractivity contribution is -0.122. The van der Waals surface area contributed by atoms with Crippen molar-refractivity contribution in [3.63, 3.8) is 0 Å². The molecule has 0 aliphatic rings.